The molecule has 4 rings (SSSR count). The Balaban J connectivity index is 1.43. The number of fused-ring (bicyclic) bond motifs is 2. The van der Waals surface area contributed by atoms with Gasteiger partial charge >= 0.3 is 0 Å². The Morgan fingerprint density at radius 3 is 3.08 bits per heavy atom. The van der Waals surface area contributed by atoms with E-state index in [9.17, 15) is 4.79 Å². The fourth-order valence-electron chi connectivity index (χ4n) is 3.40. The van der Waals surface area contributed by atoms with Gasteiger partial charge in [0.15, 0.2) is 5.13 Å². The Morgan fingerprint density at radius 2 is 2.25 bits per heavy atom. The number of nitrogens with zero attached hydrogens (tertiary/aromatic N) is 2. The van der Waals surface area contributed by atoms with Gasteiger partial charge in [-0.25, -0.2) is 4.98 Å². The van der Waals surface area contributed by atoms with Crippen LogP contribution in [0.2, 0.25) is 0 Å². The van der Waals surface area contributed by atoms with E-state index in [-0.39, 0.29) is 11.9 Å². The van der Waals surface area contributed by atoms with Gasteiger partial charge in [-0.15, -0.1) is 11.3 Å². The van der Waals surface area contributed by atoms with Crippen molar-refractivity contribution < 1.29 is 4.79 Å². The molecule has 1 aromatic carbocycles. The zero-order valence-corrected chi connectivity index (χ0v) is 14.7. The molecule has 2 aromatic rings. The highest BCUT2D eigenvalue weighted by atomic mass is 32.1. The smallest absolute Gasteiger partial charge is 0.243 e. The average molecular weight is 342 g/mol. The third-order valence-electron chi connectivity index (χ3n) is 4.89. The fourth-order valence-corrected chi connectivity index (χ4v) is 4.46. The minimum Gasteiger partial charge on any atom is -0.301 e. The third-order valence-corrected chi connectivity index (χ3v) is 5.88. The summed E-state index contributed by atoms with van der Waals surface area (Å²) in [7, 11) is 0. The van der Waals surface area contributed by atoms with Crippen molar-refractivity contribution in [2.24, 2.45) is 0 Å². The van der Waals surface area contributed by atoms with Crippen molar-refractivity contribution in [1.29, 1.82) is 0 Å². The van der Waals surface area contributed by atoms with Gasteiger partial charge in [0.1, 0.15) is 0 Å². The number of hydrogen-bond donors (Lipinski definition) is 2. The van der Waals surface area contributed by atoms with E-state index >= 15 is 0 Å². The predicted octanol–water partition coefficient (Wildman–Crippen LogP) is 2.17. The molecule has 126 valence electrons. The molecule has 1 atom stereocenters. The second kappa shape index (κ2) is 6.63. The number of benzene rings is 1. The molecule has 1 amide bonds. The summed E-state index contributed by atoms with van der Waals surface area (Å²) in [6, 6.07) is 8.12. The molecule has 1 unspecified atom stereocenters. The molecule has 0 saturated carbocycles. The van der Waals surface area contributed by atoms with Crippen LogP contribution in [0.25, 0.3) is 0 Å². The van der Waals surface area contributed by atoms with E-state index in [1.165, 1.54) is 16.0 Å². The van der Waals surface area contributed by atoms with Crippen molar-refractivity contribution in [2.75, 3.05) is 18.4 Å². The number of rotatable bonds is 3. The molecular weight excluding hydrogens is 320 g/mol. The molecule has 5 nitrogen and oxygen atoms in total. The van der Waals surface area contributed by atoms with Crippen LogP contribution in [0.15, 0.2) is 24.3 Å². The largest absolute Gasteiger partial charge is 0.301 e. The molecule has 0 saturated heterocycles. The lowest BCUT2D eigenvalue weighted by Crippen LogP contribution is -2.44. The minimum atomic E-state index is -0.187. The molecule has 1 aromatic heterocycles. The predicted molar refractivity (Wildman–Crippen MR) is 96.2 cm³/mol. The zero-order valence-electron chi connectivity index (χ0n) is 13.8. The van der Waals surface area contributed by atoms with Crippen molar-refractivity contribution in [3.05, 3.63) is 46.0 Å². The molecule has 0 bridgehead atoms. The molecule has 0 fully saturated rings. The van der Waals surface area contributed by atoms with Gasteiger partial charge in [0, 0.05) is 30.9 Å². The van der Waals surface area contributed by atoms with Gasteiger partial charge in [-0.2, -0.15) is 0 Å². The summed E-state index contributed by atoms with van der Waals surface area (Å²) in [5.41, 5.74) is 3.70. The van der Waals surface area contributed by atoms with Gasteiger partial charge in [0.05, 0.1) is 11.7 Å². The average Bonchev–Trinajstić information content (AvgIpc) is 3.02. The Hall–Kier alpha value is -1.76. The van der Waals surface area contributed by atoms with Crippen molar-refractivity contribution in [1.82, 2.24) is 15.2 Å². The van der Waals surface area contributed by atoms with Gasteiger partial charge in [-0.1, -0.05) is 31.2 Å². The van der Waals surface area contributed by atoms with Gasteiger partial charge in [-0.05, 0) is 24.1 Å². The van der Waals surface area contributed by atoms with E-state index in [4.69, 9.17) is 0 Å². The van der Waals surface area contributed by atoms with Crippen LogP contribution in [0.5, 0.6) is 0 Å². The zero-order chi connectivity index (χ0) is 16.5. The molecule has 0 spiro atoms. The topological polar surface area (TPSA) is 57.3 Å². The van der Waals surface area contributed by atoms with E-state index in [2.05, 4.69) is 39.6 Å². The van der Waals surface area contributed by atoms with E-state index in [0.717, 1.165) is 49.8 Å². The number of amides is 1. The van der Waals surface area contributed by atoms with Crippen molar-refractivity contribution in [3.8, 4) is 0 Å². The number of thiazole rings is 1. The number of hydrogen-bond acceptors (Lipinski definition) is 5. The maximum atomic E-state index is 12.6. The second-order valence-corrected chi connectivity index (χ2v) is 7.49. The molecule has 2 aliphatic heterocycles. The lowest BCUT2D eigenvalue weighted by molar-refractivity contribution is -0.118. The van der Waals surface area contributed by atoms with Crippen molar-refractivity contribution in [2.45, 2.75) is 38.9 Å². The van der Waals surface area contributed by atoms with Crippen LogP contribution in [-0.4, -0.2) is 34.9 Å². The SMILES string of the molecule is CCN1CCc2nc(NC(=O)C3Cc4ccccc4CN3)sc2C1. The molecule has 24 heavy (non-hydrogen) atoms. The Kier molecular flexibility index (Phi) is 4.35. The van der Waals surface area contributed by atoms with E-state index < -0.39 is 0 Å². The first-order chi connectivity index (χ1) is 11.7. The first-order valence-electron chi connectivity index (χ1n) is 8.55. The summed E-state index contributed by atoms with van der Waals surface area (Å²) in [6.45, 7) is 6.00. The molecule has 3 heterocycles. The maximum absolute atomic E-state index is 12.6. The summed E-state index contributed by atoms with van der Waals surface area (Å²) in [6.07, 6.45) is 1.71. The summed E-state index contributed by atoms with van der Waals surface area (Å²) in [4.78, 5) is 20.9. The number of carbonyl (C=O) groups is 1. The van der Waals surface area contributed by atoms with Crippen LogP contribution < -0.4 is 10.6 Å². The van der Waals surface area contributed by atoms with E-state index in [1.54, 1.807) is 11.3 Å². The van der Waals surface area contributed by atoms with Crippen LogP contribution in [0, 0.1) is 0 Å². The fraction of sp³-hybridized carbons (Fsp3) is 0.444. The number of aromatic nitrogens is 1. The van der Waals surface area contributed by atoms with Gasteiger partial charge < -0.3 is 10.6 Å². The second-order valence-electron chi connectivity index (χ2n) is 6.40. The standard InChI is InChI=1S/C18H22N4OS/c1-2-22-8-7-14-16(11-22)24-18(20-14)21-17(23)15-9-12-5-3-4-6-13(12)10-19-15/h3-6,15,19H,2,7-11H2,1H3,(H,20,21,23). The summed E-state index contributed by atoms with van der Waals surface area (Å²) < 4.78 is 0. The third kappa shape index (κ3) is 3.09. The molecule has 0 radical (unpaired) electrons. The van der Waals surface area contributed by atoms with Crippen molar-refractivity contribution in [3.63, 3.8) is 0 Å². The monoisotopic (exact) mass is 342 g/mol. The highest BCUT2D eigenvalue weighted by Gasteiger charge is 2.26. The van der Waals surface area contributed by atoms with Crippen LogP contribution in [0.3, 0.4) is 0 Å². The molecule has 6 heteroatoms. The Morgan fingerprint density at radius 1 is 1.42 bits per heavy atom. The summed E-state index contributed by atoms with van der Waals surface area (Å²) in [5, 5.41) is 7.09. The molecular formula is C18H22N4OS. The van der Waals surface area contributed by atoms with Gasteiger partial charge in [0.2, 0.25) is 5.91 Å². The molecule has 0 aliphatic carbocycles. The normalized spacial score (nSPS) is 20.3. The van der Waals surface area contributed by atoms with Crippen LogP contribution >= 0.6 is 11.3 Å². The number of likely N-dealkylation sites (N-methyl/N-ethyl adjacent to an activating group) is 1. The highest BCUT2D eigenvalue weighted by molar-refractivity contribution is 7.15. The minimum absolute atomic E-state index is 0.0166. The van der Waals surface area contributed by atoms with Crippen LogP contribution in [-0.2, 0) is 30.7 Å². The quantitative estimate of drug-likeness (QED) is 0.898. The molecule has 2 N–H and O–H groups in total. The highest BCUT2D eigenvalue weighted by Crippen LogP contribution is 2.28. The summed E-state index contributed by atoms with van der Waals surface area (Å²) in [5.74, 6) is 0.0166. The Labute approximate surface area is 146 Å². The first-order valence-corrected chi connectivity index (χ1v) is 9.36. The first kappa shape index (κ1) is 15.7. The number of anilines is 1. The van der Waals surface area contributed by atoms with Crippen molar-refractivity contribution >= 4 is 22.4 Å². The van der Waals surface area contributed by atoms with Crippen LogP contribution in [0.4, 0.5) is 5.13 Å². The summed E-state index contributed by atoms with van der Waals surface area (Å²) >= 11 is 1.62. The number of nitrogens with one attached hydrogen (secondary N) is 2. The Bertz CT molecular complexity index is 757. The lowest BCUT2D eigenvalue weighted by atomic mass is 9.95. The van der Waals surface area contributed by atoms with Crippen LogP contribution in [0.1, 0.15) is 28.6 Å². The van der Waals surface area contributed by atoms with E-state index in [1.807, 2.05) is 12.1 Å². The van der Waals surface area contributed by atoms with Gasteiger partial charge in [-0.3, -0.25) is 9.69 Å². The number of carbonyl (C=O) groups excluding carboxylic acids is 1. The van der Waals surface area contributed by atoms with E-state index in [0.29, 0.717) is 0 Å². The lowest BCUT2D eigenvalue weighted by Gasteiger charge is -2.24. The van der Waals surface area contributed by atoms with Gasteiger partial charge in [0.25, 0.3) is 0 Å². The maximum Gasteiger partial charge on any atom is 0.243 e. The molecule has 2 aliphatic rings.